The van der Waals surface area contributed by atoms with Crippen LogP contribution >= 0.6 is 11.3 Å². The number of carboxylic acid groups (broad SMARTS) is 1. The maximum atomic E-state index is 11.7. The maximum absolute atomic E-state index is 11.7. The number of fused-ring (bicyclic) bond motifs is 1. The quantitative estimate of drug-likeness (QED) is 0.834. The summed E-state index contributed by atoms with van der Waals surface area (Å²) in [5, 5.41) is 12.3. The third-order valence-electron chi connectivity index (χ3n) is 2.69. The van der Waals surface area contributed by atoms with E-state index in [1.54, 1.807) is 0 Å². The Morgan fingerprint density at radius 2 is 2.16 bits per heavy atom. The predicted octanol–water partition coefficient (Wildman–Crippen LogP) is 2.42. The van der Waals surface area contributed by atoms with Gasteiger partial charge in [0, 0.05) is 11.0 Å². The summed E-state index contributed by atoms with van der Waals surface area (Å²) in [6.07, 6.45) is 2.02. The van der Waals surface area contributed by atoms with Crippen LogP contribution in [0.4, 0.5) is 5.00 Å². The van der Waals surface area contributed by atoms with E-state index in [-0.39, 0.29) is 11.5 Å². The highest BCUT2D eigenvalue weighted by atomic mass is 32.1. The average molecular weight is 281 g/mol. The zero-order chi connectivity index (χ0) is 14.0. The summed E-state index contributed by atoms with van der Waals surface area (Å²) in [7, 11) is 0. The molecular formula is C13H15NO4S. The molecule has 1 aliphatic rings. The molecule has 0 radical (unpaired) electrons. The number of carboxylic acids is 1. The highest BCUT2D eigenvalue weighted by Crippen LogP contribution is 2.36. The van der Waals surface area contributed by atoms with Crippen molar-refractivity contribution >= 4 is 28.2 Å². The number of hydrogen-bond acceptors (Lipinski definition) is 4. The van der Waals surface area contributed by atoms with Crippen LogP contribution in [0.3, 0.4) is 0 Å². The van der Waals surface area contributed by atoms with Crippen LogP contribution in [0, 0.1) is 0 Å². The Morgan fingerprint density at radius 1 is 1.42 bits per heavy atom. The van der Waals surface area contributed by atoms with Crippen LogP contribution in [0.5, 0.6) is 0 Å². The van der Waals surface area contributed by atoms with Gasteiger partial charge in [-0.05, 0) is 25.8 Å². The number of ether oxygens (including phenoxy) is 1. The second kappa shape index (κ2) is 5.54. The fourth-order valence-electron chi connectivity index (χ4n) is 1.96. The van der Waals surface area contributed by atoms with Crippen molar-refractivity contribution < 1.29 is 19.4 Å². The van der Waals surface area contributed by atoms with Gasteiger partial charge in [0.05, 0.1) is 18.8 Å². The minimum absolute atomic E-state index is 0.207. The summed E-state index contributed by atoms with van der Waals surface area (Å²) in [6.45, 7) is 4.56. The molecule has 1 amide bonds. The Kier molecular flexibility index (Phi) is 4.01. The van der Waals surface area contributed by atoms with Gasteiger partial charge < -0.3 is 15.2 Å². The van der Waals surface area contributed by atoms with Crippen LogP contribution < -0.4 is 5.32 Å². The number of thiophene rings is 1. The van der Waals surface area contributed by atoms with E-state index in [2.05, 4.69) is 5.32 Å². The number of amides is 1. The number of nitrogens with one attached hydrogen (secondary N) is 1. The molecule has 0 spiro atoms. The minimum Gasteiger partial charge on any atom is -0.478 e. The Labute approximate surface area is 114 Å². The molecule has 0 unspecified atom stereocenters. The normalized spacial score (nSPS) is 13.6. The van der Waals surface area contributed by atoms with Crippen LogP contribution in [-0.4, -0.2) is 23.6 Å². The SMILES string of the molecule is CC(C)=CC(=O)Nc1sc2c(c1C(=O)O)CCOC2. The Balaban J connectivity index is 2.35. The Morgan fingerprint density at radius 3 is 2.79 bits per heavy atom. The fourth-order valence-corrected chi connectivity index (χ4v) is 3.14. The van der Waals surface area contributed by atoms with Gasteiger partial charge in [-0.15, -0.1) is 11.3 Å². The van der Waals surface area contributed by atoms with Crippen molar-refractivity contribution in [2.75, 3.05) is 11.9 Å². The van der Waals surface area contributed by atoms with Gasteiger partial charge in [0.1, 0.15) is 5.00 Å². The molecule has 102 valence electrons. The van der Waals surface area contributed by atoms with E-state index < -0.39 is 5.97 Å². The topological polar surface area (TPSA) is 75.6 Å². The van der Waals surface area contributed by atoms with E-state index in [9.17, 15) is 14.7 Å². The molecule has 19 heavy (non-hydrogen) atoms. The summed E-state index contributed by atoms with van der Waals surface area (Å²) in [4.78, 5) is 23.9. The van der Waals surface area contributed by atoms with E-state index in [4.69, 9.17) is 4.74 Å². The molecule has 0 atom stereocenters. The second-order valence-corrected chi connectivity index (χ2v) is 5.63. The van der Waals surface area contributed by atoms with Crippen molar-refractivity contribution in [1.82, 2.24) is 0 Å². The first-order valence-corrected chi connectivity index (χ1v) is 6.72. The number of carbonyl (C=O) groups excluding carboxylic acids is 1. The third-order valence-corrected chi connectivity index (χ3v) is 3.81. The summed E-state index contributed by atoms with van der Waals surface area (Å²) < 4.78 is 5.31. The molecule has 1 aliphatic heterocycles. The molecule has 2 rings (SSSR count). The van der Waals surface area contributed by atoms with Crippen LogP contribution in [0.2, 0.25) is 0 Å². The summed E-state index contributed by atoms with van der Waals surface area (Å²) in [5.74, 6) is -1.31. The van der Waals surface area contributed by atoms with Gasteiger partial charge in [-0.3, -0.25) is 4.79 Å². The Bertz CT molecular complexity index is 555. The first-order valence-electron chi connectivity index (χ1n) is 5.90. The average Bonchev–Trinajstić information content (AvgIpc) is 2.64. The zero-order valence-corrected chi connectivity index (χ0v) is 11.6. The first-order chi connectivity index (χ1) is 8.99. The predicted molar refractivity (Wildman–Crippen MR) is 72.7 cm³/mol. The van der Waals surface area contributed by atoms with Gasteiger partial charge in [-0.25, -0.2) is 4.79 Å². The molecule has 1 aromatic heterocycles. The lowest BCUT2D eigenvalue weighted by Gasteiger charge is -2.11. The van der Waals surface area contributed by atoms with Crippen molar-refractivity contribution in [1.29, 1.82) is 0 Å². The van der Waals surface area contributed by atoms with Crippen molar-refractivity contribution in [3.63, 3.8) is 0 Å². The van der Waals surface area contributed by atoms with Crippen LogP contribution in [0.1, 0.15) is 34.6 Å². The molecule has 0 aliphatic carbocycles. The number of carbonyl (C=O) groups is 2. The van der Waals surface area contributed by atoms with Crippen molar-refractivity contribution in [2.24, 2.45) is 0 Å². The van der Waals surface area contributed by atoms with E-state index in [0.717, 1.165) is 16.0 Å². The standard InChI is InChI=1S/C13H15NO4S/c1-7(2)5-10(15)14-12-11(13(16)17)8-3-4-18-6-9(8)19-12/h5H,3-4,6H2,1-2H3,(H,14,15)(H,16,17). The van der Waals surface area contributed by atoms with Gasteiger partial charge in [0.15, 0.2) is 0 Å². The molecule has 0 fully saturated rings. The highest BCUT2D eigenvalue weighted by Gasteiger charge is 2.26. The lowest BCUT2D eigenvalue weighted by molar-refractivity contribution is -0.111. The zero-order valence-electron chi connectivity index (χ0n) is 10.8. The molecule has 2 heterocycles. The largest absolute Gasteiger partial charge is 0.478 e. The molecule has 5 nitrogen and oxygen atoms in total. The van der Waals surface area contributed by atoms with Gasteiger partial charge >= 0.3 is 5.97 Å². The Hall–Kier alpha value is -1.66. The number of allylic oxidation sites excluding steroid dienone is 1. The van der Waals surface area contributed by atoms with Gasteiger partial charge in [0.2, 0.25) is 5.91 Å². The number of aromatic carboxylic acids is 1. The molecule has 0 saturated carbocycles. The number of hydrogen-bond donors (Lipinski definition) is 2. The minimum atomic E-state index is -1.01. The molecule has 0 aromatic carbocycles. The van der Waals surface area contributed by atoms with Crippen LogP contribution in [0.25, 0.3) is 0 Å². The molecule has 1 aromatic rings. The lowest BCUT2D eigenvalue weighted by Crippen LogP contribution is -2.13. The second-order valence-electron chi connectivity index (χ2n) is 4.53. The van der Waals surface area contributed by atoms with E-state index in [1.807, 2.05) is 13.8 Å². The van der Waals surface area contributed by atoms with Gasteiger partial charge in [-0.1, -0.05) is 5.57 Å². The maximum Gasteiger partial charge on any atom is 0.339 e. The third kappa shape index (κ3) is 3.02. The number of rotatable bonds is 3. The lowest BCUT2D eigenvalue weighted by atomic mass is 10.1. The fraction of sp³-hybridized carbons (Fsp3) is 0.385. The van der Waals surface area contributed by atoms with E-state index in [0.29, 0.717) is 24.6 Å². The van der Waals surface area contributed by atoms with Crippen LogP contribution in [-0.2, 0) is 22.6 Å². The van der Waals surface area contributed by atoms with E-state index >= 15 is 0 Å². The van der Waals surface area contributed by atoms with Crippen LogP contribution in [0.15, 0.2) is 11.6 Å². The number of anilines is 1. The highest BCUT2D eigenvalue weighted by molar-refractivity contribution is 7.17. The molecule has 6 heteroatoms. The molecule has 2 N–H and O–H groups in total. The first kappa shape index (κ1) is 13.8. The monoisotopic (exact) mass is 281 g/mol. The molecule has 0 bridgehead atoms. The smallest absolute Gasteiger partial charge is 0.339 e. The van der Waals surface area contributed by atoms with Crippen molar-refractivity contribution in [3.05, 3.63) is 27.7 Å². The van der Waals surface area contributed by atoms with Gasteiger partial charge in [0.25, 0.3) is 0 Å². The molecule has 0 saturated heterocycles. The summed E-state index contributed by atoms with van der Waals surface area (Å²) in [5.41, 5.74) is 1.86. The van der Waals surface area contributed by atoms with Crippen molar-refractivity contribution in [2.45, 2.75) is 26.9 Å². The van der Waals surface area contributed by atoms with E-state index in [1.165, 1.54) is 17.4 Å². The summed E-state index contributed by atoms with van der Waals surface area (Å²) in [6, 6.07) is 0. The van der Waals surface area contributed by atoms with Gasteiger partial charge in [-0.2, -0.15) is 0 Å². The van der Waals surface area contributed by atoms with Crippen molar-refractivity contribution in [3.8, 4) is 0 Å². The molecular weight excluding hydrogens is 266 g/mol. The summed E-state index contributed by atoms with van der Waals surface area (Å²) >= 11 is 1.28.